The van der Waals surface area contributed by atoms with Gasteiger partial charge in [-0.25, -0.2) is 4.79 Å². The molecule has 0 spiro atoms. The first-order chi connectivity index (χ1) is 14.5. The lowest BCUT2D eigenvalue weighted by molar-refractivity contribution is 0.153. The van der Waals surface area contributed by atoms with E-state index in [4.69, 9.17) is 21.2 Å². The van der Waals surface area contributed by atoms with Crippen molar-refractivity contribution < 1.29 is 14.2 Å². The van der Waals surface area contributed by atoms with Gasteiger partial charge in [-0.3, -0.25) is 4.84 Å². The third kappa shape index (κ3) is 8.32. The van der Waals surface area contributed by atoms with Gasteiger partial charge in [0.1, 0.15) is 10.8 Å². The van der Waals surface area contributed by atoms with Crippen molar-refractivity contribution >= 4 is 53.1 Å². The first kappa shape index (κ1) is 24.8. The van der Waals surface area contributed by atoms with E-state index in [0.29, 0.717) is 17.8 Å². The van der Waals surface area contributed by atoms with E-state index in [1.54, 1.807) is 6.92 Å². The Kier molecular flexibility index (Phi) is 10.7. The summed E-state index contributed by atoms with van der Waals surface area (Å²) in [5.41, 5.74) is 1.12. The molecule has 1 N–H and O–H groups in total. The molecule has 0 radical (unpaired) electrons. The number of para-hydroxylation sites is 1. The van der Waals surface area contributed by atoms with E-state index in [2.05, 4.69) is 14.5 Å². The molecule has 1 atom stereocenters. The van der Waals surface area contributed by atoms with Crippen LogP contribution in [0.1, 0.15) is 19.4 Å². The van der Waals surface area contributed by atoms with Crippen LogP contribution < -0.4 is 9.84 Å². The average molecular weight is 484 g/mol. The second-order valence-electron chi connectivity index (χ2n) is 6.00. The fourth-order valence-corrected chi connectivity index (χ4v) is 6.46. The molecule has 0 bridgehead atoms. The van der Waals surface area contributed by atoms with Gasteiger partial charge in [-0.2, -0.15) is 4.08 Å². The number of carbonyl (C=O) groups excluding carboxylic acids is 1. The third-order valence-electron chi connectivity index (χ3n) is 3.87. The van der Waals surface area contributed by atoms with Crippen molar-refractivity contribution in [2.45, 2.75) is 20.4 Å². The summed E-state index contributed by atoms with van der Waals surface area (Å²) in [7, 11) is 0. The lowest BCUT2D eigenvalue weighted by atomic mass is 10.2. The van der Waals surface area contributed by atoms with Gasteiger partial charge in [0.25, 0.3) is 0 Å². The number of hydrogen-bond acceptors (Lipinski definition) is 7. The zero-order valence-corrected chi connectivity index (χ0v) is 20.5. The molecular formula is C20H26N3O3PS3. The van der Waals surface area contributed by atoms with Crippen molar-refractivity contribution in [2.24, 2.45) is 5.16 Å². The van der Waals surface area contributed by atoms with Crippen molar-refractivity contribution in [1.29, 1.82) is 0 Å². The number of thioether (sulfide) groups is 1. The van der Waals surface area contributed by atoms with Crippen LogP contribution >= 0.6 is 30.1 Å². The summed E-state index contributed by atoms with van der Waals surface area (Å²) in [5.74, 6) is 1.03. The Morgan fingerprint density at radius 1 is 1.17 bits per heavy atom. The Labute approximate surface area is 192 Å². The molecule has 0 aliphatic rings. The summed E-state index contributed by atoms with van der Waals surface area (Å²) in [6.45, 7) is 4.40. The van der Waals surface area contributed by atoms with E-state index in [1.165, 1.54) is 23.7 Å². The maximum Gasteiger partial charge on any atom is 0.434 e. The van der Waals surface area contributed by atoms with Gasteiger partial charge in [0.05, 0.1) is 5.88 Å². The van der Waals surface area contributed by atoms with Crippen LogP contribution in [-0.4, -0.2) is 33.5 Å². The van der Waals surface area contributed by atoms with Crippen molar-refractivity contribution in [3.63, 3.8) is 0 Å². The quantitative estimate of drug-likeness (QED) is 0.0855. The smallest absolute Gasteiger partial charge is 0.434 e. The summed E-state index contributed by atoms with van der Waals surface area (Å²) >= 11 is 8.84. The number of rotatable bonds is 10. The average Bonchev–Trinajstić information content (AvgIpc) is 2.78. The van der Waals surface area contributed by atoms with Crippen LogP contribution in [0.15, 0.2) is 65.8 Å². The largest absolute Gasteiger partial charge is 0.452 e. The molecule has 1 amide bonds. The normalized spacial score (nSPS) is 13.5. The molecule has 0 heterocycles. The number of oxime groups is 1. The van der Waals surface area contributed by atoms with Gasteiger partial charge in [-0.1, -0.05) is 60.6 Å². The molecule has 0 saturated heterocycles. The summed E-state index contributed by atoms with van der Waals surface area (Å²) in [5, 5.41) is 7.10. The molecule has 162 valence electrons. The predicted molar refractivity (Wildman–Crippen MR) is 133 cm³/mol. The van der Waals surface area contributed by atoms with Crippen LogP contribution in [0, 0.1) is 0 Å². The summed E-state index contributed by atoms with van der Waals surface area (Å²) in [6, 6.07) is 19.7. The van der Waals surface area contributed by atoms with Crippen LogP contribution in [-0.2, 0) is 23.2 Å². The first-order valence-corrected chi connectivity index (χ1v) is 14.3. The molecule has 0 saturated carbocycles. The number of nitrogens with zero attached hydrogens (tertiary/aromatic N) is 2. The van der Waals surface area contributed by atoms with Gasteiger partial charge in [0.15, 0.2) is 6.42 Å². The zero-order chi connectivity index (χ0) is 21.8. The van der Waals surface area contributed by atoms with E-state index in [0.717, 1.165) is 11.3 Å². The Morgan fingerprint density at radius 3 is 2.40 bits per heavy atom. The van der Waals surface area contributed by atoms with Gasteiger partial charge in [0, 0.05) is 12.7 Å². The lowest BCUT2D eigenvalue weighted by Gasteiger charge is -2.33. The fourth-order valence-electron chi connectivity index (χ4n) is 2.24. The minimum Gasteiger partial charge on any atom is -0.452 e. The van der Waals surface area contributed by atoms with Gasteiger partial charge in [-0.05, 0) is 54.6 Å². The lowest BCUT2D eigenvalue weighted by Crippen LogP contribution is -2.26. The van der Waals surface area contributed by atoms with Crippen LogP contribution in [0.25, 0.3) is 0 Å². The van der Waals surface area contributed by atoms with E-state index < -0.39 is 12.5 Å². The maximum atomic E-state index is 11.9. The number of carbonyl (C=O) groups is 1. The third-order valence-corrected chi connectivity index (χ3v) is 10.4. The number of hydrogen-bond donors (Lipinski definition) is 1. The first-order valence-electron chi connectivity index (χ1n) is 9.29. The highest BCUT2D eigenvalue weighted by molar-refractivity contribution is 8.17. The summed E-state index contributed by atoms with van der Waals surface area (Å²) in [4.78, 5) is 16.7. The van der Waals surface area contributed by atoms with Crippen LogP contribution in [0.5, 0.6) is 5.75 Å². The van der Waals surface area contributed by atoms with Crippen LogP contribution in [0.2, 0.25) is 0 Å². The Bertz CT molecular complexity index is 869. The monoisotopic (exact) mass is 483 g/mol. The van der Waals surface area contributed by atoms with E-state index >= 15 is 0 Å². The Hall–Kier alpha value is -1.51. The van der Waals surface area contributed by atoms with Crippen molar-refractivity contribution in [2.75, 3.05) is 18.3 Å². The highest BCUT2D eigenvalue weighted by Crippen LogP contribution is 2.55. The van der Waals surface area contributed by atoms with E-state index in [9.17, 15) is 4.79 Å². The molecule has 0 aliphatic heterocycles. The van der Waals surface area contributed by atoms with E-state index in [1.807, 2.05) is 73.8 Å². The number of nitrogens with one attached hydrogen (secondary N) is 1. The standard InChI is InChI=1S/C20H26N3O3PS3/c1-4-27(28,26-19-13-9-6-10-14-19)23(15-18-11-7-5-8-12-18)30-16-21-20(24)25-22-17(2)29-3/h5-14H,4,15-16H2,1-3H3,(H,21,24)/b22-17+. The molecule has 1 unspecified atom stereocenters. The predicted octanol–water partition coefficient (Wildman–Crippen LogP) is 5.93. The molecular weight excluding hydrogens is 457 g/mol. The topological polar surface area (TPSA) is 63.2 Å². The molecule has 30 heavy (non-hydrogen) atoms. The Morgan fingerprint density at radius 2 is 1.80 bits per heavy atom. The molecule has 2 aromatic carbocycles. The summed E-state index contributed by atoms with van der Waals surface area (Å²) < 4.78 is 8.37. The fraction of sp³-hybridized carbons (Fsp3) is 0.300. The SMILES string of the molecule is CCP(=S)(Oc1ccccc1)N(Cc1ccccc1)SCNC(=O)O/N=C(\C)SC. The van der Waals surface area contributed by atoms with Gasteiger partial charge >= 0.3 is 6.09 Å². The minimum absolute atomic E-state index is 0.288. The van der Waals surface area contributed by atoms with E-state index in [-0.39, 0.29) is 5.88 Å². The second-order valence-corrected chi connectivity index (χ2v) is 12.5. The number of benzene rings is 2. The summed E-state index contributed by atoms with van der Waals surface area (Å²) in [6.07, 6.45) is -0.452. The highest BCUT2D eigenvalue weighted by Gasteiger charge is 2.28. The molecule has 2 rings (SSSR count). The van der Waals surface area contributed by atoms with Crippen molar-refractivity contribution in [1.82, 2.24) is 9.39 Å². The van der Waals surface area contributed by atoms with Crippen LogP contribution in [0.3, 0.4) is 0 Å². The second kappa shape index (κ2) is 13.0. The zero-order valence-electron chi connectivity index (χ0n) is 17.2. The molecule has 2 aromatic rings. The van der Waals surface area contributed by atoms with Crippen LogP contribution in [0.4, 0.5) is 4.79 Å². The Balaban J connectivity index is 2.09. The van der Waals surface area contributed by atoms with Crippen molar-refractivity contribution in [3.05, 3.63) is 66.2 Å². The molecule has 0 aromatic heterocycles. The van der Waals surface area contributed by atoms with Gasteiger partial charge in [0.2, 0.25) is 0 Å². The highest BCUT2D eigenvalue weighted by atomic mass is 32.5. The molecule has 0 aliphatic carbocycles. The minimum atomic E-state index is -2.39. The van der Waals surface area contributed by atoms with Gasteiger partial charge in [-0.15, -0.1) is 11.8 Å². The molecule has 6 nitrogen and oxygen atoms in total. The number of amides is 1. The maximum absolute atomic E-state index is 11.9. The molecule has 10 heteroatoms. The van der Waals surface area contributed by atoms with Crippen molar-refractivity contribution in [3.8, 4) is 5.75 Å². The molecule has 0 fully saturated rings. The van der Waals surface area contributed by atoms with Gasteiger partial charge < -0.3 is 9.84 Å².